The van der Waals surface area contributed by atoms with Crippen LogP contribution in [0, 0.1) is 5.82 Å². The van der Waals surface area contributed by atoms with E-state index in [1.165, 1.54) is 17.8 Å². The third-order valence-corrected chi connectivity index (χ3v) is 3.39. The molecule has 2 aromatic rings. The molecule has 0 aliphatic carbocycles. The normalized spacial score (nSPS) is 11.1. The zero-order valence-electron chi connectivity index (χ0n) is 9.95. The highest BCUT2D eigenvalue weighted by Crippen LogP contribution is 2.28. The van der Waals surface area contributed by atoms with Gasteiger partial charge in [-0.25, -0.2) is 4.39 Å². The van der Waals surface area contributed by atoms with Crippen LogP contribution in [0.5, 0.6) is 0 Å². The smallest absolute Gasteiger partial charge is 0.123 e. The fourth-order valence-electron chi connectivity index (χ4n) is 2.00. The van der Waals surface area contributed by atoms with E-state index >= 15 is 0 Å². The minimum atomic E-state index is -0.197. The number of nitrogens with zero attached hydrogens (tertiary/aromatic N) is 1. The zero-order valence-corrected chi connectivity index (χ0v) is 11.5. The Labute approximate surface area is 109 Å². The van der Waals surface area contributed by atoms with Crippen molar-refractivity contribution in [2.45, 2.75) is 25.2 Å². The molecule has 1 aromatic carbocycles. The standard InChI is InChI=1S/C14H15BrFN/c1-10(2)17-8-7-13(14(17)9-15)11-3-5-12(16)6-4-11/h3-8,10H,9H2,1-2H3. The third kappa shape index (κ3) is 2.44. The highest BCUT2D eigenvalue weighted by molar-refractivity contribution is 9.08. The number of benzene rings is 1. The molecule has 1 nitrogen and oxygen atoms in total. The second-order valence-corrected chi connectivity index (χ2v) is 4.88. The number of aromatic nitrogens is 1. The summed E-state index contributed by atoms with van der Waals surface area (Å²) in [4.78, 5) is 0. The lowest BCUT2D eigenvalue weighted by molar-refractivity contribution is 0.588. The van der Waals surface area contributed by atoms with E-state index in [9.17, 15) is 4.39 Å². The highest BCUT2D eigenvalue weighted by Gasteiger charge is 2.11. The van der Waals surface area contributed by atoms with Crippen LogP contribution >= 0.6 is 15.9 Å². The van der Waals surface area contributed by atoms with Crippen molar-refractivity contribution in [1.29, 1.82) is 0 Å². The number of halogens is 2. The molecule has 90 valence electrons. The van der Waals surface area contributed by atoms with Gasteiger partial charge >= 0.3 is 0 Å². The Kier molecular flexibility index (Phi) is 3.67. The first-order chi connectivity index (χ1) is 8.13. The van der Waals surface area contributed by atoms with Gasteiger partial charge in [-0.3, -0.25) is 0 Å². The molecule has 0 fully saturated rings. The number of rotatable bonds is 3. The van der Waals surface area contributed by atoms with Crippen LogP contribution in [0.25, 0.3) is 11.1 Å². The summed E-state index contributed by atoms with van der Waals surface area (Å²) in [5, 5.41) is 0.797. The molecule has 1 aromatic heterocycles. The van der Waals surface area contributed by atoms with E-state index in [0.29, 0.717) is 6.04 Å². The summed E-state index contributed by atoms with van der Waals surface area (Å²) in [5.41, 5.74) is 3.45. The molecule has 0 saturated carbocycles. The van der Waals surface area contributed by atoms with Gasteiger partial charge in [0.2, 0.25) is 0 Å². The van der Waals surface area contributed by atoms with E-state index in [-0.39, 0.29) is 5.82 Å². The van der Waals surface area contributed by atoms with Crippen molar-refractivity contribution < 1.29 is 4.39 Å². The third-order valence-electron chi connectivity index (χ3n) is 2.86. The van der Waals surface area contributed by atoms with Gasteiger partial charge in [0.15, 0.2) is 0 Å². The van der Waals surface area contributed by atoms with Gasteiger partial charge in [0, 0.05) is 28.8 Å². The SMILES string of the molecule is CC(C)n1ccc(-c2ccc(F)cc2)c1CBr. The minimum absolute atomic E-state index is 0.197. The summed E-state index contributed by atoms with van der Waals surface area (Å²) in [6.45, 7) is 4.31. The molecule has 0 amide bonds. The van der Waals surface area contributed by atoms with Crippen LogP contribution in [0.2, 0.25) is 0 Å². The molecule has 2 rings (SSSR count). The minimum Gasteiger partial charge on any atom is -0.348 e. The molecule has 0 radical (unpaired) electrons. The van der Waals surface area contributed by atoms with E-state index in [4.69, 9.17) is 0 Å². The Hall–Kier alpha value is -1.09. The van der Waals surface area contributed by atoms with Crippen LogP contribution in [0.15, 0.2) is 36.5 Å². The van der Waals surface area contributed by atoms with Crippen LogP contribution in [-0.4, -0.2) is 4.57 Å². The highest BCUT2D eigenvalue weighted by atomic mass is 79.9. The average Bonchev–Trinajstić information content (AvgIpc) is 2.73. The van der Waals surface area contributed by atoms with Crippen molar-refractivity contribution in [3.05, 3.63) is 48.0 Å². The zero-order chi connectivity index (χ0) is 12.4. The molecule has 0 aliphatic heterocycles. The lowest BCUT2D eigenvalue weighted by Gasteiger charge is -2.13. The van der Waals surface area contributed by atoms with Crippen LogP contribution in [0.3, 0.4) is 0 Å². The van der Waals surface area contributed by atoms with Gasteiger partial charge in [0.25, 0.3) is 0 Å². The fraction of sp³-hybridized carbons (Fsp3) is 0.286. The van der Waals surface area contributed by atoms with Crippen molar-refractivity contribution in [2.75, 3.05) is 0 Å². The van der Waals surface area contributed by atoms with Crippen molar-refractivity contribution >= 4 is 15.9 Å². The number of hydrogen-bond acceptors (Lipinski definition) is 0. The van der Waals surface area contributed by atoms with E-state index in [1.807, 2.05) is 12.1 Å². The van der Waals surface area contributed by atoms with Crippen LogP contribution < -0.4 is 0 Å². The molecular weight excluding hydrogens is 281 g/mol. The summed E-state index contributed by atoms with van der Waals surface area (Å²) in [5.74, 6) is -0.197. The molecule has 0 saturated heterocycles. The van der Waals surface area contributed by atoms with Gasteiger partial charge in [-0.15, -0.1) is 0 Å². The van der Waals surface area contributed by atoms with Gasteiger partial charge in [0.05, 0.1) is 0 Å². The quantitative estimate of drug-likeness (QED) is 0.719. The van der Waals surface area contributed by atoms with Crippen molar-refractivity contribution in [3.63, 3.8) is 0 Å². The fourth-order valence-corrected chi connectivity index (χ4v) is 2.59. The predicted molar refractivity (Wildman–Crippen MR) is 72.8 cm³/mol. The Morgan fingerprint density at radius 2 is 1.82 bits per heavy atom. The molecule has 17 heavy (non-hydrogen) atoms. The molecule has 3 heteroatoms. The summed E-state index contributed by atoms with van der Waals surface area (Å²) in [7, 11) is 0. The van der Waals surface area contributed by atoms with Crippen molar-refractivity contribution in [3.8, 4) is 11.1 Å². The molecule has 0 unspecified atom stereocenters. The molecular formula is C14H15BrFN. The maximum absolute atomic E-state index is 12.9. The first-order valence-electron chi connectivity index (χ1n) is 5.65. The molecule has 0 N–H and O–H groups in total. The lowest BCUT2D eigenvalue weighted by atomic mass is 10.1. The summed E-state index contributed by atoms with van der Waals surface area (Å²) >= 11 is 3.52. The van der Waals surface area contributed by atoms with Crippen LogP contribution in [-0.2, 0) is 5.33 Å². The second kappa shape index (κ2) is 5.05. The molecule has 0 bridgehead atoms. The largest absolute Gasteiger partial charge is 0.348 e. The Balaban J connectivity index is 2.48. The summed E-state index contributed by atoms with van der Waals surface area (Å²) < 4.78 is 15.1. The van der Waals surface area contributed by atoms with E-state index < -0.39 is 0 Å². The van der Waals surface area contributed by atoms with E-state index in [0.717, 1.165) is 16.5 Å². The molecule has 0 spiro atoms. The van der Waals surface area contributed by atoms with Crippen molar-refractivity contribution in [1.82, 2.24) is 4.57 Å². The van der Waals surface area contributed by atoms with E-state index in [1.54, 1.807) is 0 Å². The van der Waals surface area contributed by atoms with Gasteiger partial charge in [-0.05, 0) is 37.6 Å². The lowest BCUT2D eigenvalue weighted by Crippen LogP contribution is -2.03. The van der Waals surface area contributed by atoms with Crippen LogP contribution in [0.4, 0.5) is 4.39 Å². The molecule has 1 heterocycles. The number of alkyl halides is 1. The first kappa shape index (κ1) is 12.4. The van der Waals surface area contributed by atoms with Gasteiger partial charge in [-0.1, -0.05) is 28.1 Å². The molecule has 0 aliphatic rings. The van der Waals surface area contributed by atoms with Gasteiger partial charge in [-0.2, -0.15) is 0 Å². The second-order valence-electron chi connectivity index (χ2n) is 4.32. The first-order valence-corrected chi connectivity index (χ1v) is 6.77. The van der Waals surface area contributed by atoms with Crippen molar-refractivity contribution in [2.24, 2.45) is 0 Å². The Morgan fingerprint density at radius 1 is 1.18 bits per heavy atom. The monoisotopic (exact) mass is 295 g/mol. The topological polar surface area (TPSA) is 4.93 Å². The maximum atomic E-state index is 12.9. The Bertz CT molecular complexity index is 499. The van der Waals surface area contributed by atoms with E-state index in [2.05, 4.69) is 46.6 Å². The summed E-state index contributed by atoms with van der Waals surface area (Å²) in [6, 6.07) is 9.16. The number of hydrogen-bond donors (Lipinski definition) is 0. The van der Waals surface area contributed by atoms with Crippen LogP contribution in [0.1, 0.15) is 25.6 Å². The van der Waals surface area contributed by atoms with Gasteiger partial charge in [0.1, 0.15) is 5.82 Å². The summed E-state index contributed by atoms with van der Waals surface area (Å²) in [6.07, 6.45) is 2.08. The average molecular weight is 296 g/mol. The molecule has 0 atom stereocenters. The predicted octanol–water partition coefficient (Wildman–Crippen LogP) is 4.77. The Morgan fingerprint density at radius 3 is 2.35 bits per heavy atom. The maximum Gasteiger partial charge on any atom is 0.123 e. The van der Waals surface area contributed by atoms with Gasteiger partial charge < -0.3 is 4.57 Å².